The topological polar surface area (TPSA) is 83.5 Å². The second kappa shape index (κ2) is 8.09. The SMILES string of the molecule is CCCN1CCN(C(=O)c2cc3c(cc2C)[nH]c(=O)c2cnn([C@H]4CCOC4)c23)CC1. The number of rotatable bonds is 4. The molecule has 2 fully saturated rings. The van der Waals surface area contributed by atoms with E-state index in [1.807, 2.05) is 28.6 Å². The lowest BCUT2D eigenvalue weighted by Gasteiger charge is -2.34. The van der Waals surface area contributed by atoms with Gasteiger partial charge in [0.25, 0.3) is 11.5 Å². The molecule has 0 bridgehead atoms. The van der Waals surface area contributed by atoms with Crippen molar-refractivity contribution in [3.63, 3.8) is 0 Å². The number of nitrogens with one attached hydrogen (secondary N) is 1. The summed E-state index contributed by atoms with van der Waals surface area (Å²) in [6.45, 7) is 9.80. The molecular formula is C23H29N5O3. The molecule has 0 spiro atoms. The van der Waals surface area contributed by atoms with Crippen LogP contribution in [0.2, 0.25) is 0 Å². The summed E-state index contributed by atoms with van der Waals surface area (Å²) in [5.41, 5.74) is 2.94. The van der Waals surface area contributed by atoms with E-state index in [1.54, 1.807) is 6.20 Å². The van der Waals surface area contributed by atoms with Crippen LogP contribution in [0.1, 0.15) is 41.7 Å². The number of aryl methyl sites for hydroxylation is 1. The van der Waals surface area contributed by atoms with E-state index in [0.717, 1.165) is 67.5 Å². The third-order valence-corrected chi connectivity index (χ3v) is 6.59. The molecule has 2 saturated heterocycles. The van der Waals surface area contributed by atoms with Gasteiger partial charge in [0.1, 0.15) is 0 Å². The molecule has 2 aliphatic rings. The van der Waals surface area contributed by atoms with Crippen molar-refractivity contribution < 1.29 is 9.53 Å². The van der Waals surface area contributed by atoms with E-state index in [0.29, 0.717) is 24.2 Å². The quantitative estimate of drug-likeness (QED) is 0.696. The lowest BCUT2D eigenvalue weighted by Crippen LogP contribution is -2.48. The van der Waals surface area contributed by atoms with Crippen molar-refractivity contribution in [2.24, 2.45) is 0 Å². The summed E-state index contributed by atoms with van der Waals surface area (Å²) < 4.78 is 7.46. The monoisotopic (exact) mass is 423 g/mol. The second-order valence-electron chi connectivity index (χ2n) is 8.67. The van der Waals surface area contributed by atoms with Crippen LogP contribution in [0.5, 0.6) is 0 Å². The Hall–Kier alpha value is -2.71. The minimum absolute atomic E-state index is 0.0603. The number of pyridine rings is 1. The van der Waals surface area contributed by atoms with Crippen molar-refractivity contribution in [3.8, 4) is 0 Å². The van der Waals surface area contributed by atoms with E-state index in [9.17, 15) is 9.59 Å². The van der Waals surface area contributed by atoms with E-state index in [4.69, 9.17) is 4.74 Å². The van der Waals surface area contributed by atoms with Gasteiger partial charge in [0.05, 0.1) is 35.3 Å². The first-order chi connectivity index (χ1) is 15.1. The van der Waals surface area contributed by atoms with Crippen LogP contribution in [0.4, 0.5) is 0 Å². The van der Waals surface area contributed by atoms with Gasteiger partial charge < -0.3 is 14.6 Å². The average molecular weight is 424 g/mol. The molecule has 1 N–H and O–H groups in total. The largest absolute Gasteiger partial charge is 0.379 e. The average Bonchev–Trinajstić information content (AvgIpc) is 3.44. The Kier molecular flexibility index (Phi) is 5.27. The van der Waals surface area contributed by atoms with Crippen molar-refractivity contribution in [1.82, 2.24) is 24.6 Å². The molecule has 31 heavy (non-hydrogen) atoms. The fraction of sp³-hybridized carbons (Fsp3) is 0.522. The molecule has 164 valence electrons. The second-order valence-corrected chi connectivity index (χ2v) is 8.67. The normalized spacial score (nSPS) is 20.2. The highest BCUT2D eigenvalue weighted by Gasteiger charge is 2.26. The van der Waals surface area contributed by atoms with Gasteiger partial charge in [-0.15, -0.1) is 0 Å². The van der Waals surface area contributed by atoms with E-state index < -0.39 is 0 Å². The van der Waals surface area contributed by atoms with Gasteiger partial charge in [-0.05, 0) is 44.0 Å². The van der Waals surface area contributed by atoms with Crippen LogP contribution >= 0.6 is 0 Å². The van der Waals surface area contributed by atoms with Crippen LogP contribution in [0.15, 0.2) is 23.1 Å². The zero-order chi connectivity index (χ0) is 21.5. The van der Waals surface area contributed by atoms with E-state index >= 15 is 0 Å². The Balaban J connectivity index is 1.57. The van der Waals surface area contributed by atoms with Crippen molar-refractivity contribution >= 4 is 27.7 Å². The first-order valence-electron chi connectivity index (χ1n) is 11.2. The zero-order valence-electron chi connectivity index (χ0n) is 18.2. The minimum Gasteiger partial charge on any atom is -0.379 e. The van der Waals surface area contributed by atoms with Crippen LogP contribution in [0.25, 0.3) is 21.8 Å². The number of piperazine rings is 1. The number of carbonyl (C=O) groups excluding carboxylic acids is 1. The van der Waals surface area contributed by atoms with Crippen molar-refractivity contribution in [2.45, 2.75) is 32.7 Å². The summed E-state index contributed by atoms with van der Waals surface area (Å²) in [5.74, 6) is 0.0603. The maximum Gasteiger partial charge on any atom is 0.259 e. The molecule has 1 amide bonds. The van der Waals surface area contributed by atoms with E-state index in [1.165, 1.54) is 0 Å². The van der Waals surface area contributed by atoms with Gasteiger partial charge in [-0.3, -0.25) is 19.2 Å². The molecule has 0 saturated carbocycles. The molecular weight excluding hydrogens is 394 g/mol. The number of nitrogens with zero attached hydrogens (tertiary/aromatic N) is 4. The Labute approximate surface area is 180 Å². The van der Waals surface area contributed by atoms with Crippen molar-refractivity contribution in [3.05, 3.63) is 39.8 Å². The highest BCUT2D eigenvalue weighted by molar-refractivity contribution is 6.07. The van der Waals surface area contributed by atoms with Crippen molar-refractivity contribution in [2.75, 3.05) is 45.9 Å². The van der Waals surface area contributed by atoms with Gasteiger partial charge in [-0.25, -0.2) is 0 Å². The molecule has 2 aliphatic heterocycles. The van der Waals surface area contributed by atoms with Gasteiger partial charge >= 0.3 is 0 Å². The molecule has 0 unspecified atom stereocenters. The summed E-state index contributed by atoms with van der Waals surface area (Å²) in [4.78, 5) is 33.4. The van der Waals surface area contributed by atoms with Crippen LogP contribution in [-0.2, 0) is 4.74 Å². The predicted octanol–water partition coefficient (Wildman–Crippen LogP) is 2.32. The Morgan fingerprint density at radius 2 is 2.03 bits per heavy atom. The third kappa shape index (κ3) is 3.53. The van der Waals surface area contributed by atoms with Crippen LogP contribution < -0.4 is 5.56 Å². The molecule has 0 radical (unpaired) electrons. The van der Waals surface area contributed by atoms with E-state index in [-0.39, 0.29) is 17.5 Å². The van der Waals surface area contributed by atoms with Gasteiger partial charge in [0, 0.05) is 43.7 Å². The number of H-pyrrole nitrogens is 1. The zero-order valence-corrected chi connectivity index (χ0v) is 18.2. The number of benzene rings is 1. The molecule has 2 aromatic heterocycles. The Morgan fingerprint density at radius 3 is 2.74 bits per heavy atom. The minimum atomic E-state index is -0.154. The lowest BCUT2D eigenvalue weighted by atomic mass is 10.0. The number of fused-ring (bicyclic) bond motifs is 3. The molecule has 8 nitrogen and oxygen atoms in total. The molecule has 1 aromatic carbocycles. The fourth-order valence-electron chi connectivity index (χ4n) is 4.88. The van der Waals surface area contributed by atoms with Crippen LogP contribution in [0.3, 0.4) is 0 Å². The fourth-order valence-corrected chi connectivity index (χ4v) is 4.88. The number of hydrogen-bond acceptors (Lipinski definition) is 5. The van der Waals surface area contributed by atoms with Gasteiger partial charge in [0.15, 0.2) is 0 Å². The first-order valence-corrected chi connectivity index (χ1v) is 11.2. The molecule has 4 heterocycles. The maximum atomic E-state index is 13.4. The third-order valence-electron chi connectivity index (χ3n) is 6.59. The number of ether oxygens (including phenoxy) is 1. The smallest absolute Gasteiger partial charge is 0.259 e. The summed E-state index contributed by atoms with van der Waals surface area (Å²) in [6, 6.07) is 3.96. The standard InChI is InChI=1S/C23H29N5O3/c1-3-5-26-6-8-27(9-7-26)23(30)17-12-18-20(11-15(17)2)25-22(29)19-13-24-28(21(18)19)16-4-10-31-14-16/h11-13,16H,3-10,14H2,1-2H3,(H,25,29)/t16-/m0/s1. The van der Waals surface area contributed by atoms with Gasteiger partial charge in [-0.1, -0.05) is 6.92 Å². The first kappa shape index (κ1) is 20.2. The van der Waals surface area contributed by atoms with Crippen LogP contribution in [-0.4, -0.2) is 76.4 Å². The summed E-state index contributed by atoms with van der Waals surface area (Å²) >= 11 is 0. The summed E-state index contributed by atoms with van der Waals surface area (Å²) in [5, 5.41) is 5.93. The molecule has 8 heteroatoms. The van der Waals surface area contributed by atoms with Gasteiger partial charge in [0.2, 0.25) is 0 Å². The summed E-state index contributed by atoms with van der Waals surface area (Å²) in [7, 11) is 0. The molecule has 5 rings (SSSR count). The number of amides is 1. The van der Waals surface area contributed by atoms with Crippen molar-refractivity contribution in [1.29, 1.82) is 0 Å². The molecule has 3 aromatic rings. The predicted molar refractivity (Wildman–Crippen MR) is 120 cm³/mol. The number of carbonyl (C=O) groups is 1. The number of aromatic nitrogens is 3. The summed E-state index contributed by atoms with van der Waals surface area (Å²) in [6.07, 6.45) is 3.62. The molecule has 1 atom stereocenters. The lowest BCUT2D eigenvalue weighted by molar-refractivity contribution is 0.0637. The number of aromatic amines is 1. The van der Waals surface area contributed by atoms with E-state index in [2.05, 4.69) is 21.9 Å². The Bertz CT molecular complexity index is 1180. The number of hydrogen-bond donors (Lipinski definition) is 1. The molecule has 0 aliphatic carbocycles. The highest BCUT2D eigenvalue weighted by atomic mass is 16.5. The highest BCUT2D eigenvalue weighted by Crippen LogP contribution is 2.29. The maximum absolute atomic E-state index is 13.4. The Morgan fingerprint density at radius 1 is 1.23 bits per heavy atom. The van der Waals surface area contributed by atoms with Crippen LogP contribution in [0, 0.1) is 6.92 Å². The van der Waals surface area contributed by atoms with Gasteiger partial charge in [-0.2, -0.15) is 5.10 Å².